The lowest BCUT2D eigenvalue weighted by Crippen LogP contribution is -2.26. The van der Waals surface area contributed by atoms with Crippen LogP contribution in [0.15, 0.2) is 42.5 Å². The number of ether oxygens (including phenoxy) is 1. The zero-order valence-corrected chi connectivity index (χ0v) is 21.4. The van der Waals surface area contributed by atoms with Gasteiger partial charge in [0.15, 0.2) is 11.9 Å². The van der Waals surface area contributed by atoms with Gasteiger partial charge in [0, 0.05) is 22.4 Å². The van der Waals surface area contributed by atoms with Gasteiger partial charge >= 0.3 is 12.1 Å². The van der Waals surface area contributed by atoms with Crippen LogP contribution in [0, 0.1) is 0 Å². The average Bonchev–Trinajstić information content (AvgIpc) is 3.25. The van der Waals surface area contributed by atoms with E-state index in [4.69, 9.17) is 21.4 Å². The molecule has 0 aliphatic rings. The minimum Gasteiger partial charge on any atom is -0.479 e. The van der Waals surface area contributed by atoms with E-state index in [1.165, 1.54) is 35.6 Å². The fraction of sp³-hybridized carbons (Fsp3) is 0.346. The van der Waals surface area contributed by atoms with Gasteiger partial charge in [0.2, 0.25) is 0 Å². The van der Waals surface area contributed by atoms with E-state index < -0.39 is 23.8 Å². The first kappa shape index (κ1) is 27.7. The average molecular weight is 540 g/mol. The maximum atomic E-state index is 12.9. The molecule has 0 aliphatic heterocycles. The molecule has 0 bridgehead atoms. The summed E-state index contributed by atoms with van der Waals surface area (Å²) in [5, 5.41) is 9.90. The predicted octanol–water partition coefficient (Wildman–Crippen LogP) is 7.66. The molecule has 1 unspecified atom stereocenters. The number of hydrogen-bond acceptors (Lipinski definition) is 5. The Bertz CT molecular complexity index is 1240. The molecule has 1 heterocycles. The molecule has 10 heteroatoms. The van der Waals surface area contributed by atoms with Gasteiger partial charge in [-0.15, -0.1) is 11.3 Å². The van der Waals surface area contributed by atoms with E-state index in [0.717, 1.165) is 22.7 Å². The van der Waals surface area contributed by atoms with E-state index in [1.54, 1.807) is 13.0 Å². The van der Waals surface area contributed by atoms with Crippen LogP contribution in [0.1, 0.15) is 66.0 Å². The van der Waals surface area contributed by atoms with Gasteiger partial charge in [-0.25, -0.2) is 9.78 Å². The molecule has 3 aromatic rings. The molecule has 1 atom stereocenters. The SMILES string of the molecule is CCC(Oc1ccc(C(=O)CCc2sc(-c3ccc(C(F)(F)F)cc3)nc2C(C)C)cc1Cl)C(=O)O. The number of aryl methyl sites for hydroxylation is 1. The van der Waals surface area contributed by atoms with Crippen LogP contribution in [-0.2, 0) is 17.4 Å². The Hall–Kier alpha value is -2.91. The third-order valence-electron chi connectivity index (χ3n) is 5.48. The zero-order valence-electron chi connectivity index (χ0n) is 19.9. The van der Waals surface area contributed by atoms with Gasteiger partial charge in [-0.1, -0.05) is 44.5 Å². The molecule has 1 aromatic heterocycles. The molecule has 3 rings (SSSR count). The largest absolute Gasteiger partial charge is 0.479 e. The second-order valence-corrected chi connectivity index (χ2v) is 9.97. The summed E-state index contributed by atoms with van der Waals surface area (Å²) < 4.78 is 44.1. The monoisotopic (exact) mass is 539 g/mol. The first-order valence-corrected chi connectivity index (χ1v) is 12.5. The fourth-order valence-corrected chi connectivity index (χ4v) is 4.97. The molecule has 0 amide bonds. The summed E-state index contributed by atoms with van der Waals surface area (Å²) >= 11 is 7.59. The zero-order chi connectivity index (χ0) is 26.6. The lowest BCUT2D eigenvalue weighted by Gasteiger charge is -2.14. The number of carbonyl (C=O) groups is 2. The number of rotatable bonds is 10. The summed E-state index contributed by atoms with van der Waals surface area (Å²) in [7, 11) is 0. The minimum absolute atomic E-state index is 0.0705. The van der Waals surface area contributed by atoms with Crippen molar-refractivity contribution in [3.05, 3.63) is 69.2 Å². The maximum Gasteiger partial charge on any atom is 0.416 e. The number of carboxylic acids is 1. The highest BCUT2D eigenvalue weighted by atomic mass is 35.5. The Labute approximate surface area is 215 Å². The number of halogens is 4. The molecular weight excluding hydrogens is 515 g/mol. The first-order chi connectivity index (χ1) is 16.9. The van der Waals surface area contributed by atoms with Crippen LogP contribution >= 0.6 is 22.9 Å². The normalized spacial score (nSPS) is 12.6. The van der Waals surface area contributed by atoms with Crippen molar-refractivity contribution < 1.29 is 32.6 Å². The Morgan fingerprint density at radius 3 is 2.33 bits per heavy atom. The highest BCUT2D eigenvalue weighted by Gasteiger charge is 2.30. The lowest BCUT2D eigenvalue weighted by molar-refractivity contribution is -0.145. The molecule has 2 aromatic carbocycles. The van der Waals surface area contributed by atoms with Gasteiger partial charge in [-0.05, 0) is 49.1 Å². The Morgan fingerprint density at radius 2 is 1.81 bits per heavy atom. The first-order valence-electron chi connectivity index (χ1n) is 11.3. The number of ketones is 1. The van der Waals surface area contributed by atoms with E-state index in [0.29, 0.717) is 22.6 Å². The van der Waals surface area contributed by atoms with Gasteiger partial charge in [0.05, 0.1) is 16.3 Å². The second-order valence-electron chi connectivity index (χ2n) is 8.48. The fourth-order valence-electron chi connectivity index (χ4n) is 3.52. The number of hydrogen-bond donors (Lipinski definition) is 1. The van der Waals surface area contributed by atoms with E-state index in [9.17, 15) is 22.8 Å². The molecular formula is C26H25ClF3NO4S. The van der Waals surface area contributed by atoms with Crippen LogP contribution in [0.5, 0.6) is 5.75 Å². The lowest BCUT2D eigenvalue weighted by atomic mass is 10.0. The van der Waals surface area contributed by atoms with E-state index >= 15 is 0 Å². The van der Waals surface area contributed by atoms with Crippen LogP contribution in [0.3, 0.4) is 0 Å². The van der Waals surface area contributed by atoms with Crippen molar-refractivity contribution in [2.45, 2.75) is 58.2 Å². The van der Waals surface area contributed by atoms with E-state index in [-0.39, 0.29) is 35.3 Å². The molecule has 1 N–H and O–H groups in total. The molecule has 0 radical (unpaired) electrons. The number of Topliss-reactive ketones (excluding diaryl/α,β-unsaturated/α-hetero) is 1. The van der Waals surface area contributed by atoms with Crippen LogP contribution in [0.4, 0.5) is 13.2 Å². The van der Waals surface area contributed by atoms with Crippen LogP contribution < -0.4 is 4.74 Å². The summed E-state index contributed by atoms with van der Waals surface area (Å²) in [6.07, 6.45) is -4.59. The number of alkyl halides is 3. The molecule has 0 saturated carbocycles. The molecule has 192 valence electrons. The van der Waals surface area contributed by atoms with Crippen molar-refractivity contribution in [1.82, 2.24) is 4.98 Å². The topological polar surface area (TPSA) is 76.5 Å². The smallest absolute Gasteiger partial charge is 0.416 e. The van der Waals surface area contributed by atoms with Gasteiger partial charge in [-0.2, -0.15) is 13.2 Å². The second kappa shape index (κ2) is 11.4. The van der Waals surface area contributed by atoms with Crippen molar-refractivity contribution in [1.29, 1.82) is 0 Å². The van der Waals surface area contributed by atoms with Gasteiger partial charge in [0.1, 0.15) is 10.8 Å². The summed E-state index contributed by atoms with van der Waals surface area (Å²) in [4.78, 5) is 29.6. The molecule has 0 spiro atoms. The highest BCUT2D eigenvalue weighted by Crippen LogP contribution is 2.35. The Balaban J connectivity index is 1.74. The number of carbonyl (C=O) groups excluding carboxylic acids is 1. The molecule has 0 saturated heterocycles. The van der Waals surface area contributed by atoms with Crippen LogP contribution in [0.25, 0.3) is 10.6 Å². The van der Waals surface area contributed by atoms with Crippen molar-refractivity contribution in [2.24, 2.45) is 0 Å². The Kier molecular flexibility index (Phi) is 8.79. The summed E-state index contributed by atoms with van der Waals surface area (Å²) in [6, 6.07) is 9.35. The van der Waals surface area contributed by atoms with Crippen molar-refractivity contribution in [3.63, 3.8) is 0 Å². The predicted molar refractivity (Wildman–Crippen MR) is 133 cm³/mol. The number of carboxylic acid groups (broad SMARTS) is 1. The van der Waals surface area contributed by atoms with Gasteiger partial charge in [-0.3, -0.25) is 4.79 Å². The molecule has 5 nitrogen and oxygen atoms in total. The van der Waals surface area contributed by atoms with Crippen LogP contribution in [-0.4, -0.2) is 27.9 Å². The van der Waals surface area contributed by atoms with Crippen molar-refractivity contribution in [3.8, 4) is 16.3 Å². The quantitative estimate of drug-likeness (QED) is 0.268. The molecule has 36 heavy (non-hydrogen) atoms. The summed E-state index contributed by atoms with van der Waals surface area (Å²) in [5.41, 5.74) is 1.04. The highest BCUT2D eigenvalue weighted by molar-refractivity contribution is 7.15. The number of aliphatic carboxylic acids is 1. The van der Waals surface area contributed by atoms with E-state index in [1.807, 2.05) is 13.8 Å². The summed E-state index contributed by atoms with van der Waals surface area (Å²) in [5.74, 6) is -1.00. The third kappa shape index (κ3) is 6.64. The standard InChI is InChI=1S/C26H25ClF3NO4S/c1-4-20(25(33)34)35-21-11-7-16(13-18(21)27)19(32)10-12-22-23(14(2)3)31-24(36-22)15-5-8-17(9-6-15)26(28,29)30/h5-9,11,13-14,20H,4,10,12H2,1-3H3,(H,33,34). The van der Waals surface area contributed by atoms with Crippen molar-refractivity contribution >= 4 is 34.7 Å². The number of aromatic nitrogens is 1. The van der Waals surface area contributed by atoms with Gasteiger partial charge in [0.25, 0.3) is 0 Å². The number of benzene rings is 2. The molecule has 0 aliphatic carbocycles. The maximum absolute atomic E-state index is 12.9. The van der Waals surface area contributed by atoms with Crippen molar-refractivity contribution in [2.75, 3.05) is 0 Å². The molecule has 0 fully saturated rings. The Morgan fingerprint density at radius 1 is 1.14 bits per heavy atom. The third-order valence-corrected chi connectivity index (χ3v) is 6.96. The van der Waals surface area contributed by atoms with E-state index in [2.05, 4.69) is 4.98 Å². The number of thiazole rings is 1. The minimum atomic E-state index is -4.41. The van der Waals surface area contributed by atoms with Gasteiger partial charge < -0.3 is 9.84 Å². The number of nitrogens with zero attached hydrogens (tertiary/aromatic N) is 1. The van der Waals surface area contributed by atoms with Crippen LogP contribution in [0.2, 0.25) is 5.02 Å². The summed E-state index contributed by atoms with van der Waals surface area (Å²) in [6.45, 7) is 5.62.